The van der Waals surface area contributed by atoms with Crippen LogP contribution in [0.4, 0.5) is 0 Å². The van der Waals surface area contributed by atoms with E-state index in [1.165, 1.54) is 0 Å². The number of nitrogens with zero attached hydrogens (tertiary/aromatic N) is 1. The highest BCUT2D eigenvalue weighted by atomic mass is 79.9. The van der Waals surface area contributed by atoms with E-state index in [2.05, 4.69) is 20.9 Å². The van der Waals surface area contributed by atoms with Crippen molar-refractivity contribution in [3.8, 4) is 0 Å². The molecule has 3 aromatic carbocycles. The summed E-state index contributed by atoms with van der Waals surface area (Å²) >= 11 is 9.36. The molecule has 4 aromatic rings. The van der Waals surface area contributed by atoms with E-state index >= 15 is 0 Å². The van der Waals surface area contributed by atoms with E-state index in [0.29, 0.717) is 33.1 Å². The third-order valence-electron chi connectivity index (χ3n) is 4.06. The molecule has 132 valence electrons. The summed E-state index contributed by atoms with van der Waals surface area (Å²) in [6.07, 6.45) is 1.77. The van der Waals surface area contributed by atoms with Crippen molar-refractivity contribution in [3.05, 3.63) is 99.3 Å². The highest BCUT2D eigenvalue weighted by Gasteiger charge is 2.20. The van der Waals surface area contributed by atoms with Gasteiger partial charge in [-0.05, 0) is 60.2 Å². The molecule has 0 spiro atoms. The molecule has 4 rings (SSSR count). The van der Waals surface area contributed by atoms with Gasteiger partial charge in [-0.15, -0.1) is 0 Å². The normalized spacial score (nSPS) is 11.7. The SMILES string of the molecule is O=C(/C(=C\c1ccc(Cl)cc1)c1nc2ccccc2o1)c1ccc(Br)cc1. The fraction of sp³-hybridized carbons (Fsp3) is 0. The summed E-state index contributed by atoms with van der Waals surface area (Å²) in [6, 6.07) is 21.9. The van der Waals surface area contributed by atoms with Crippen LogP contribution in [0.1, 0.15) is 21.8 Å². The second-order valence-electron chi connectivity index (χ2n) is 5.93. The lowest BCUT2D eigenvalue weighted by Gasteiger charge is -2.04. The number of hydrogen-bond acceptors (Lipinski definition) is 3. The Morgan fingerprint density at radius 2 is 1.67 bits per heavy atom. The molecular formula is C22H13BrClNO2. The van der Waals surface area contributed by atoms with Gasteiger partial charge in [-0.3, -0.25) is 4.79 Å². The van der Waals surface area contributed by atoms with Crippen LogP contribution in [0.15, 0.2) is 81.7 Å². The molecular weight excluding hydrogens is 426 g/mol. The molecule has 5 heteroatoms. The number of rotatable bonds is 4. The molecule has 0 N–H and O–H groups in total. The van der Waals surface area contributed by atoms with Crippen LogP contribution in [-0.4, -0.2) is 10.8 Å². The van der Waals surface area contributed by atoms with Gasteiger partial charge in [0.25, 0.3) is 0 Å². The highest BCUT2D eigenvalue weighted by molar-refractivity contribution is 9.10. The molecule has 0 saturated carbocycles. The lowest BCUT2D eigenvalue weighted by Crippen LogP contribution is -2.03. The molecule has 27 heavy (non-hydrogen) atoms. The van der Waals surface area contributed by atoms with Crippen molar-refractivity contribution in [1.29, 1.82) is 0 Å². The Morgan fingerprint density at radius 3 is 2.37 bits per heavy atom. The van der Waals surface area contributed by atoms with Gasteiger partial charge in [0.15, 0.2) is 11.4 Å². The predicted molar refractivity (Wildman–Crippen MR) is 112 cm³/mol. The van der Waals surface area contributed by atoms with Crippen molar-refractivity contribution in [2.75, 3.05) is 0 Å². The number of aromatic nitrogens is 1. The zero-order valence-corrected chi connectivity index (χ0v) is 16.4. The number of allylic oxidation sites excluding steroid dienone is 1. The van der Waals surface area contributed by atoms with E-state index in [1.54, 1.807) is 30.3 Å². The van der Waals surface area contributed by atoms with Crippen molar-refractivity contribution in [3.63, 3.8) is 0 Å². The maximum Gasteiger partial charge on any atom is 0.231 e. The van der Waals surface area contributed by atoms with Crippen LogP contribution in [0, 0.1) is 0 Å². The van der Waals surface area contributed by atoms with Gasteiger partial charge in [-0.1, -0.05) is 51.8 Å². The van der Waals surface area contributed by atoms with E-state index < -0.39 is 0 Å². The number of halogens is 2. The van der Waals surface area contributed by atoms with Gasteiger partial charge in [-0.25, -0.2) is 4.98 Å². The molecule has 3 nitrogen and oxygen atoms in total. The van der Waals surface area contributed by atoms with Crippen LogP contribution in [0.25, 0.3) is 22.7 Å². The molecule has 0 radical (unpaired) electrons. The molecule has 0 unspecified atom stereocenters. The number of benzene rings is 3. The lowest BCUT2D eigenvalue weighted by atomic mass is 10.0. The predicted octanol–water partition coefficient (Wildman–Crippen LogP) is 6.67. The molecule has 0 bridgehead atoms. The molecule has 0 atom stereocenters. The molecule has 0 aliphatic heterocycles. The van der Waals surface area contributed by atoms with Gasteiger partial charge in [0.1, 0.15) is 5.52 Å². The molecule has 1 aromatic heterocycles. The summed E-state index contributed by atoms with van der Waals surface area (Å²) in [5.41, 5.74) is 3.12. The number of Topliss-reactive ketones (excluding diaryl/α,β-unsaturated/α-hetero) is 1. The quantitative estimate of drug-likeness (QED) is 0.264. The minimum Gasteiger partial charge on any atom is -0.436 e. The smallest absolute Gasteiger partial charge is 0.231 e. The number of carbonyl (C=O) groups is 1. The van der Waals surface area contributed by atoms with Crippen molar-refractivity contribution >= 4 is 56.1 Å². The minimum atomic E-state index is -0.163. The Morgan fingerprint density at radius 1 is 0.963 bits per heavy atom. The number of hydrogen-bond donors (Lipinski definition) is 0. The number of carbonyl (C=O) groups excluding carboxylic acids is 1. The van der Waals surface area contributed by atoms with Crippen LogP contribution in [0.2, 0.25) is 5.02 Å². The first-order chi connectivity index (χ1) is 13.1. The van der Waals surface area contributed by atoms with Crippen LogP contribution in [-0.2, 0) is 0 Å². The summed E-state index contributed by atoms with van der Waals surface area (Å²) < 4.78 is 6.76. The average Bonchev–Trinajstić information content (AvgIpc) is 3.11. The number of oxazole rings is 1. The Labute approximate surface area is 169 Å². The molecule has 0 fully saturated rings. The summed E-state index contributed by atoms with van der Waals surface area (Å²) in [4.78, 5) is 17.7. The zero-order valence-electron chi connectivity index (χ0n) is 14.0. The summed E-state index contributed by atoms with van der Waals surface area (Å²) in [7, 11) is 0. The molecule has 1 heterocycles. The lowest BCUT2D eigenvalue weighted by molar-refractivity contribution is 0.105. The van der Waals surface area contributed by atoms with Gasteiger partial charge in [0, 0.05) is 15.1 Å². The van der Waals surface area contributed by atoms with Gasteiger partial charge >= 0.3 is 0 Å². The Balaban J connectivity index is 1.84. The van der Waals surface area contributed by atoms with Crippen molar-refractivity contribution in [2.45, 2.75) is 0 Å². The van der Waals surface area contributed by atoms with Crippen molar-refractivity contribution in [2.24, 2.45) is 0 Å². The van der Waals surface area contributed by atoms with Gasteiger partial charge in [0.05, 0.1) is 5.57 Å². The molecule has 0 saturated heterocycles. The molecule has 0 aliphatic rings. The monoisotopic (exact) mass is 437 g/mol. The highest BCUT2D eigenvalue weighted by Crippen LogP contribution is 2.27. The first-order valence-electron chi connectivity index (χ1n) is 8.23. The Bertz CT molecular complexity index is 1110. The van der Waals surface area contributed by atoms with Crippen LogP contribution in [0.3, 0.4) is 0 Å². The number of fused-ring (bicyclic) bond motifs is 1. The van der Waals surface area contributed by atoms with Crippen molar-refractivity contribution < 1.29 is 9.21 Å². The summed E-state index contributed by atoms with van der Waals surface area (Å²) in [6.45, 7) is 0. The third-order valence-corrected chi connectivity index (χ3v) is 4.84. The zero-order chi connectivity index (χ0) is 18.8. The summed E-state index contributed by atoms with van der Waals surface area (Å²) in [5, 5.41) is 0.634. The standard InChI is InChI=1S/C22H13BrClNO2/c23-16-9-7-15(8-10-16)21(26)18(13-14-5-11-17(24)12-6-14)22-25-19-3-1-2-4-20(19)27-22/h1-13H/b18-13+. The number of ketones is 1. The van der Waals surface area contributed by atoms with Gasteiger partial charge < -0.3 is 4.42 Å². The topological polar surface area (TPSA) is 43.1 Å². The summed E-state index contributed by atoms with van der Waals surface area (Å²) in [5.74, 6) is 0.128. The second kappa shape index (κ2) is 7.51. The van der Waals surface area contributed by atoms with E-state index in [-0.39, 0.29) is 5.78 Å². The average molecular weight is 439 g/mol. The minimum absolute atomic E-state index is 0.163. The van der Waals surface area contributed by atoms with E-state index in [9.17, 15) is 4.79 Å². The fourth-order valence-electron chi connectivity index (χ4n) is 2.69. The molecule has 0 amide bonds. The van der Waals surface area contributed by atoms with Crippen LogP contribution >= 0.6 is 27.5 Å². The number of para-hydroxylation sites is 2. The maximum absolute atomic E-state index is 13.2. The Kier molecular flexibility index (Phi) is 4.92. The van der Waals surface area contributed by atoms with Gasteiger partial charge in [-0.2, -0.15) is 0 Å². The third kappa shape index (κ3) is 3.87. The van der Waals surface area contributed by atoms with Crippen molar-refractivity contribution in [1.82, 2.24) is 4.98 Å². The fourth-order valence-corrected chi connectivity index (χ4v) is 3.08. The van der Waals surface area contributed by atoms with Crippen LogP contribution < -0.4 is 0 Å². The molecule has 0 aliphatic carbocycles. The maximum atomic E-state index is 13.2. The first-order valence-corrected chi connectivity index (χ1v) is 9.41. The van der Waals surface area contributed by atoms with E-state index in [1.807, 2.05) is 48.5 Å². The van der Waals surface area contributed by atoms with Gasteiger partial charge in [0.2, 0.25) is 5.89 Å². The van der Waals surface area contributed by atoms with E-state index in [0.717, 1.165) is 10.0 Å². The van der Waals surface area contributed by atoms with Crippen LogP contribution in [0.5, 0.6) is 0 Å². The first kappa shape index (κ1) is 17.7. The Hall–Kier alpha value is -2.69. The second-order valence-corrected chi connectivity index (χ2v) is 7.28. The van der Waals surface area contributed by atoms with E-state index in [4.69, 9.17) is 16.0 Å². The largest absolute Gasteiger partial charge is 0.436 e.